The molecule has 0 bridgehead atoms. The molecule has 1 aromatic heterocycles. The molecular weight excluding hydrogens is 312 g/mol. The Morgan fingerprint density at radius 2 is 2.13 bits per heavy atom. The molecule has 0 radical (unpaired) electrons. The van der Waals surface area contributed by atoms with Crippen LogP contribution >= 0.6 is 0 Å². The number of likely N-dealkylation sites (tertiary alicyclic amines) is 1. The molecule has 124 valence electrons. The second kappa shape index (κ2) is 6.82. The second-order valence-corrected chi connectivity index (χ2v) is 7.81. The molecule has 1 aliphatic rings. The van der Waals surface area contributed by atoms with E-state index >= 15 is 0 Å². The molecule has 0 spiro atoms. The van der Waals surface area contributed by atoms with Gasteiger partial charge in [-0.25, -0.2) is 17.8 Å². The van der Waals surface area contributed by atoms with Crippen molar-refractivity contribution < 1.29 is 8.42 Å². The number of aromatic nitrogens is 2. The Morgan fingerprint density at radius 3 is 2.87 bits per heavy atom. The number of nitrogens with one attached hydrogen (secondary N) is 1. The highest BCUT2D eigenvalue weighted by Crippen LogP contribution is 2.21. The van der Waals surface area contributed by atoms with E-state index in [0.717, 1.165) is 24.3 Å². The number of para-hydroxylation sites is 1. The summed E-state index contributed by atoms with van der Waals surface area (Å²) in [5.74, 6) is 0. The van der Waals surface area contributed by atoms with Crippen molar-refractivity contribution in [3.05, 3.63) is 48.3 Å². The third-order valence-corrected chi connectivity index (χ3v) is 6.10. The van der Waals surface area contributed by atoms with E-state index in [9.17, 15) is 8.42 Å². The smallest absolute Gasteiger partial charge is 0.215 e. The first-order valence-electron chi connectivity index (χ1n) is 7.89. The lowest BCUT2D eigenvalue weighted by molar-refractivity contribution is 0.330. The van der Waals surface area contributed by atoms with Crippen molar-refractivity contribution in [2.45, 2.75) is 25.1 Å². The number of benzene rings is 1. The lowest BCUT2D eigenvalue weighted by Crippen LogP contribution is -2.36. The maximum atomic E-state index is 12.1. The fraction of sp³-hybridized carbons (Fsp3) is 0.438. The molecule has 23 heavy (non-hydrogen) atoms. The maximum Gasteiger partial charge on any atom is 0.215 e. The molecule has 1 fully saturated rings. The summed E-state index contributed by atoms with van der Waals surface area (Å²) in [6.45, 7) is 4.35. The first-order valence-corrected chi connectivity index (χ1v) is 9.43. The molecule has 1 saturated heterocycles. The van der Waals surface area contributed by atoms with E-state index in [0.29, 0.717) is 19.5 Å². The van der Waals surface area contributed by atoms with Crippen LogP contribution < -0.4 is 4.72 Å². The van der Waals surface area contributed by atoms with Gasteiger partial charge in [0.25, 0.3) is 0 Å². The highest BCUT2D eigenvalue weighted by molar-refractivity contribution is 7.90. The molecule has 7 heteroatoms. The van der Waals surface area contributed by atoms with Gasteiger partial charge < -0.3 is 0 Å². The van der Waals surface area contributed by atoms with Crippen molar-refractivity contribution in [3.63, 3.8) is 0 Å². The molecule has 3 rings (SSSR count). The molecule has 1 atom stereocenters. The van der Waals surface area contributed by atoms with Gasteiger partial charge in [0.2, 0.25) is 10.0 Å². The van der Waals surface area contributed by atoms with E-state index in [1.54, 1.807) is 6.20 Å². The van der Waals surface area contributed by atoms with Crippen molar-refractivity contribution >= 4 is 10.0 Å². The number of hydrogen-bond acceptors (Lipinski definition) is 4. The molecule has 0 unspecified atom stereocenters. The van der Waals surface area contributed by atoms with Gasteiger partial charge in [-0.15, -0.1) is 0 Å². The Hall–Kier alpha value is -1.70. The normalized spacial score (nSPS) is 19.3. The fourth-order valence-electron chi connectivity index (χ4n) is 3.03. The number of sulfonamides is 1. The van der Waals surface area contributed by atoms with Gasteiger partial charge in [-0.1, -0.05) is 25.1 Å². The summed E-state index contributed by atoms with van der Waals surface area (Å²) in [5.41, 5.74) is 2.19. The van der Waals surface area contributed by atoms with E-state index < -0.39 is 10.0 Å². The minimum absolute atomic E-state index is 0.320. The number of hydrogen-bond donors (Lipinski definition) is 1. The Balaban J connectivity index is 1.72. The van der Waals surface area contributed by atoms with E-state index in [1.807, 2.05) is 42.1 Å². The van der Waals surface area contributed by atoms with E-state index in [-0.39, 0.29) is 5.25 Å². The molecule has 6 nitrogen and oxygen atoms in total. The van der Waals surface area contributed by atoms with Crippen LogP contribution in [0, 0.1) is 0 Å². The van der Waals surface area contributed by atoms with Crippen LogP contribution in [-0.2, 0) is 16.6 Å². The molecule has 0 saturated carbocycles. The summed E-state index contributed by atoms with van der Waals surface area (Å²) in [6, 6.07) is 9.99. The Labute approximate surface area is 137 Å². The molecule has 1 aromatic carbocycles. The highest BCUT2D eigenvalue weighted by Gasteiger charge is 2.32. The molecule has 0 aliphatic carbocycles. The third kappa shape index (κ3) is 3.63. The first-order chi connectivity index (χ1) is 11.1. The van der Waals surface area contributed by atoms with Gasteiger partial charge in [0.1, 0.15) is 0 Å². The zero-order chi connectivity index (χ0) is 16.3. The van der Waals surface area contributed by atoms with Crippen molar-refractivity contribution in [1.29, 1.82) is 0 Å². The van der Waals surface area contributed by atoms with Crippen LogP contribution in [0.4, 0.5) is 0 Å². The Bertz CT molecular complexity index is 743. The van der Waals surface area contributed by atoms with Crippen LogP contribution in [-0.4, -0.2) is 48.0 Å². The van der Waals surface area contributed by atoms with Crippen molar-refractivity contribution in [3.8, 4) is 5.69 Å². The Morgan fingerprint density at radius 1 is 1.30 bits per heavy atom. The van der Waals surface area contributed by atoms with Crippen molar-refractivity contribution in [2.24, 2.45) is 0 Å². The zero-order valence-corrected chi connectivity index (χ0v) is 14.0. The van der Waals surface area contributed by atoms with Gasteiger partial charge in [-0.3, -0.25) is 4.90 Å². The van der Waals surface area contributed by atoms with Gasteiger partial charge in [0.15, 0.2) is 0 Å². The zero-order valence-electron chi connectivity index (χ0n) is 13.2. The van der Waals surface area contributed by atoms with Gasteiger partial charge in [-0.2, -0.15) is 5.10 Å². The largest absolute Gasteiger partial charge is 0.298 e. The molecule has 1 aliphatic heterocycles. The summed E-state index contributed by atoms with van der Waals surface area (Å²) < 4.78 is 28.7. The summed E-state index contributed by atoms with van der Waals surface area (Å²) in [7, 11) is -3.20. The molecule has 0 amide bonds. The van der Waals surface area contributed by atoms with Crippen LogP contribution in [0.15, 0.2) is 42.7 Å². The second-order valence-electron chi connectivity index (χ2n) is 5.77. The number of rotatable bonds is 6. The van der Waals surface area contributed by atoms with Crippen molar-refractivity contribution in [1.82, 2.24) is 19.4 Å². The predicted octanol–water partition coefficient (Wildman–Crippen LogP) is 1.39. The van der Waals surface area contributed by atoms with Crippen molar-refractivity contribution in [2.75, 3.05) is 19.6 Å². The fourth-order valence-corrected chi connectivity index (χ4v) is 4.49. The van der Waals surface area contributed by atoms with E-state index in [4.69, 9.17) is 0 Å². The van der Waals surface area contributed by atoms with Gasteiger partial charge in [-0.05, 0) is 30.7 Å². The molecule has 2 heterocycles. The van der Waals surface area contributed by atoms with E-state index in [1.165, 1.54) is 0 Å². The first kappa shape index (κ1) is 16.2. The summed E-state index contributed by atoms with van der Waals surface area (Å²) >= 11 is 0. The SMILES string of the molecule is CCNS(=O)(=O)[C@@H]1CCN(Cc2ccccc2-n2cccn2)C1. The van der Waals surface area contributed by atoms with Crippen LogP contribution in [0.25, 0.3) is 5.69 Å². The Kier molecular flexibility index (Phi) is 4.79. The minimum Gasteiger partial charge on any atom is -0.298 e. The predicted molar refractivity (Wildman–Crippen MR) is 89.8 cm³/mol. The van der Waals surface area contributed by atoms with Crippen LogP contribution in [0.1, 0.15) is 18.9 Å². The average molecular weight is 334 g/mol. The quantitative estimate of drug-likeness (QED) is 0.867. The summed E-state index contributed by atoms with van der Waals surface area (Å²) in [5, 5.41) is 3.97. The summed E-state index contributed by atoms with van der Waals surface area (Å²) in [4.78, 5) is 2.20. The van der Waals surface area contributed by atoms with Gasteiger partial charge in [0.05, 0.1) is 10.9 Å². The minimum atomic E-state index is -3.20. The topological polar surface area (TPSA) is 67.2 Å². The summed E-state index contributed by atoms with van der Waals surface area (Å²) in [6.07, 6.45) is 4.35. The average Bonchev–Trinajstić information content (AvgIpc) is 3.19. The van der Waals surface area contributed by atoms with Gasteiger partial charge >= 0.3 is 0 Å². The van der Waals surface area contributed by atoms with Gasteiger partial charge in [0, 0.05) is 32.0 Å². The number of nitrogens with zero attached hydrogens (tertiary/aromatic N) is 3. The highest BCUT2D eigenvalue weighted by atomic mass is 32.2. The lowest BCUT2D eigenvalue weighted by Gasteiger charge is -2.18. The van der Waals surface area contributed by atoms with E-state index in [2.05, 4.69) is 20.8 Å². The molecule has 2 aromatic rings. The van der Waals surface area contributed by atoms with Crippen LogP contribution in [0.3, 0.4) is 0 Å². The van der Waals surface area contributed by atoms with Crippen LogP contribution in [0.2, 0.25) is 0 Å². The standard InChI is InChI=1S/C16H22N4O2S/c1-2-18-23(21,22)15-8-11-19(13-15)12-14-6-3-4-7-16(14)20-10-5-9-17-20/h3-7,9-10,15,18H,2,8,11-13H2,1H3/t15-/m1/s1. The maximum absolute atomic E-state index is 12.1. The lowest BCUT2D eigenvalue weighted by atomic mass is 10.1. The monoisotopic (exact) mass is 334 g/mol. The molecule has 1 N–H and O–H groups in total. The molecular formula is C16H22N4O2S. The third-order valence-electron chi connectivity index (χ3n) is 4.15. The van der Waals surface area contributed by atoms with Crippen LogP contribution in [0.5, 0.6) is 0 Å².